The van der Waals surface area contributed by atoms with Crippen LogP contribution in [0.2, 0.25) is 0 Å². The van der Waals surface area contributed by atoms with E-state index in [0.717, 1.165) is 19.6 Å². The first-order valence-corrected chi connectivity index (χ1v) is 5.50. The van der Waals surface area contributed by atoms with Gasteiger partial charge in [0, 0.05) is 6.54 Å². The minimum atomic E-state index is 0.943. The van der Waals surface area contributed by atoms with E-state index in [2.05, 4.69) is 47.1 Å². The molecule has 0 spiro atoms. The molecule has 0 aliphatic rings. The van der Waals surface area contributed by atoms with E-state index in [-0.39, 0.29) is 0 Å². The number of hydrogen-bond acceptors (Lipinski definition) is 2. The van der Waals surface area contributed by atoms with E-state index in [1.54, 1.807) is 0 Å². The molecule has 0 aliphatic carbocycles. The third-order valence-electron chi connectivity index (χ3n) is 2.15. The molecule has 2 nitrogen and oxygen atoms in total. The molecular formula is C13H20N2. The van der Waals surface area contributed by atoms with Gasteiger partial charge in [0.15, 0.2) is 0 Å². The number of rotatable bonds is 7. The van der Waals surface area contributed by atoms with Crippen molar-refractivity contribution in [2.45, 2.75) is 6.42 Å². The average molecular weight is 204 g/mol. The van der Waals surface area contributed by atoms with Crippen molar-refractivity contribution in [3.8, 4) is 0 Å². The van der Waals surface area contributed by atoms with Gasteiger partial charge in [0.05, 0.1) is 0 Å². The lowest BCUT2D eigenvalue weighted by atomic mass is 10.2. The van der Waals surface area contributed by atoms with Gasteiger partial charge in [0.1, 0.15) is 0 Å². The molecule has 1 aromatic carbocycles. The first kappa shape index (κ1) is 12.0. The van der Waals surface area contributed by atoms with Gasteiger partial charge in [-0.1, -0.05) is 42.5 Å². The van der Waals surface area contributed by atoms with Crippen molar-refractivity contribution >= 4 is 6.08 Å². The van der Waals surface area contributed by atoms with Crippen molar-refractivity contribution in [2.24, 2.45) is 0 Å². The Labute approximate surface area is 92.4 Å². The van der Waals surface area contributed by atoms with Gasteiger partial charge in [-0.05, 0) is 32.1 Å². The van der Waals surface area contributed by atoms with Crippen LogP contribution in [-0.2, 0) is 0 Å². The molecule has 0 bridgehead atoms. The Morgan fingerprint density at radius 2 is 1.93 bits per heavy atom. The Morgan fingerprint density at radius 1 is 1.13 bits per heavy atom. The highest BCUT2D eigenvalue weighted by atomic mass is 14.9. The van der Waals surface area contributed by atoms with Crippen LogP contribution in [0.4, 0.5) is 0 Å². The van der Waals surface area contributed by atoms with Gasteiger partial charge in [-0.15, -0.1) is 0 Å². The predicted octanol–water partition coefficient (Wildman–Crippen LogP) is 1.90. The second-order valence-corrected chi connectivity index (χ2v) is 3.47. The fourth-order valence-electron chi connectivity index (χ4n) is 1.33. The molecule has 0 unspecified atom stereocenters. The Hall–Kier alpha value is -1.12. The number of hydrogen-bond donors (Lipinski definition) is 2. The third-order valence-corrected chi connectivity index (χ3v) is 2.15. The maximum Gasteiger partial charge on any atom is 0.0138 e. The average Bonchev–Trinajstić information content (AvgIpc) is 2.29. The lowest BCUT2D eigenvalue weighted by Gasteiger charge is -2.00. The van der Waals surface area contributed by atoms with Crippen LogP contribution in [0, 0.1) is 0 Å². The zero-order chi connectivity index (χ0) is 10.8. The summed E-state index contributed by atoms with van der Waals surface area (Å²) >= 11 is 0. The maximum absolute atomic E-state index is 3.36. The lowest BCUT2D eigenvalue weighted by molar-refractivity contribution is 0.656. The van der Waals surface area contributed by atoms with E-state index in [0.29, 0.717) is 0 Å². The zero-order valence-electron chi connectivity index (χ0n) is 9.37. The summed E-state index contributed by atoms with van der Waals surface area (Å²) < 4.78 is 0. The summed E-state index contributed by atoms with van der Waals surface area (Å²) in [5.74, 6) is 0. The van der Waals surface area contributed by atoms with E-state index in [4.69, 9.17) is 0 Å². The SMILES string of the molecule is CNCCCNCC=Cc1ccccc1. The molecule has 15 heavy (non-hydrogen) atoms. The highest BCUT2D eigenvalue weighted by Crippen LogP contribution is 1.99. The van der Waals surface area contributed by atoms with E-state index in [9.17, 15) is 0 Å². The summed E-state index contributed by atoms with van der Waals surface area (Å²) in [7, 11) is 1.98. The standard InChI is InChI=1S/C13H20N2/c1-14-10-6-12-15-11-5-9-13-7-3-2-4-8-13/h2-5,7-9,14-15H,6,10-12H2,1H3. The zero-order valence-corrected chi connectivity index (χ0v) is 9.37. The predicted molar refractivity (Wildman–Crippen MR) is 66.9 cm³/mol. The summed E-state index contributed by atoms with van der Waals surface area (Å²) in [6.07, 6.45) is 5.48. The Kier molecular flexibility index (Phi) is 6.54. The van der Waals surface area contributed by atoms with Crippen molar-refractivity contribution in [3.05, 3.63) is 42.0 Å². The first-order valence-electron chi connectivity index (χ1n) is 5.50. The smallest absolute Gasteiger partial charge is 0.0138 e. The Morgan fingerprint density at radius 3 is 2.67 bits per heavy atom. The second kappa shape index (κ2) is 8.21. The summed E-state index contributed by atoms with van der Waals surface area (Å²) in [5, 5.41) is 6.49. The largest absolute Gasteiger partial charge is 0.320 e. The molecular weight excluding hydrogens is 184 g/mol. The molecule has 1 aromatic rings. The molecule has 82 valence electrons. The van der Waals surface area contributed by atoms with Gasteiger partial charge >= 0.3 is 0 Å². The molecule has 2 N–H and O–H groups in total. The number of benzene rings is 1. The van der Waals surface area contributed by atoms with E-state index < -0.39 is 0 Å². The summed E-state index contributed by atoms with van der Waals surface area (Å²) in [6, 6.07) is 10.4. The fourth-order valence-corrected chi connectivity index (χ4v) is 1.33. The van der Waals surface area contributed by atoms with Crippen molar-refractivity contribution < 1.29 is 0 Å². The van der Waals surface area contributed by atoms with Crippen LogP contribution in [0.5, 0.6) is 0 Å². The minimum absolute atomic E-state index is 0.943. The van der Waals surface area contributed by atoms with Crippen LogP contribution >= 0.6 is 0 Å². The maximum atomic E-state index is 3.36. The van der Waals surface area contributed by atoms with Gasteiger partial charge in [0.25, 0.3) is 0 Å². The molecule has 1 rings (SSSR count). The van der Waals surface area contributed by atoms with Gasteiger partial charge in [-0.3, -0.25) is 0 Å². The Bertz CT molecular complexity index is 267. The van der Waals surface area contributed by atoms with Crippen molar-refractivity contribution in [1.82, 2.24) is 10.6 Å². The summed E-state index contributed by atoms with van der Waals surface area (Å²) in [6.45, 7) is 3.09. The van der Waals surface area contributed by atoms with Crippen LogP contribution in [-0.4, -0.2) is 26.7 Å². The van der Waals surface area contributed by atoms with Crippen LogP contribution < -0.4 is 10.6 Å². The van der Waals surface area contributed by atoms with Gasteiger partial charge in [0.2, 0.25) is 0 Å². The molecule has 0 saturated carbocycles. The molecule has 0 aromatic heterocycles. The van der Waals surface area contributed by atoms with Crippen LogP contribution in [0.1, 0.15) is 12.0 Å². The lowest BCUT2D eigenvalue weighted by Crippen LogP contribution is -2.19. The molecule has 0 saturated heterocycles. The number of nitrogens with one attached hydrogen (secondary N) is 2. The molecule has 2 heteroatoms. The topological polar surface area (TPSA) is 24.1 Å². The quantitative estimate of drug-likeness (QED) is 0.663. The highest BCUT2D eigenvalue weighted by molar-refractivity contribution is 5.48. The van der Waals surface area contributed by atoms with Crippen LogP contribution in [0.3, 0.4) is 0 Å². The molecule has 0 amide bonds. The van der Waals surface area contributed by atoms with Gasteiger partial charge in [-0.25, -0.2) is 0 Å². The normalized spacial score (nSPS) is 11.0. The van der Waals surface area contributed by atoms with Crippen molar-refractivity contribution in [3.63, 3.8) is 0 Å². The van der Waals surface area contributed by atoms with Crippen LogP contribution in [0.15, 0.2) is 36.4 Å². The van der Waals surface area contributed by atoms with Gasteiger partial charge in [-0.2, -0.15) is 0 Å². The molecule has 0 radical (unpaired) electrons. The molecule has 0 fully saturated rings. The van der Waals surface area contributed by atoms with Crippen molar-refractivity contribution in [2.75, 3.05) is 26.7 Å². The third kappa shape index (κ3) is 6.05. The minimum Gasteiger partial charge on any atom is -0.320 e. The fraction of sp³-hybridized carbons (Fsp3) is 0.385. The van der Waals surface area contributed by atoms with E-state index in [1.165, 1.54) is 12.0 Å². The summed E-state index contributed by atoms with van der Waals surface area (Å²) in [5.41, 5.74) is 1.26. The summed E-state index contributed by atoms with van der Waals surface area (Å²) in [4.78, 5) is 0. The first-order chi connectivity index (χ1) is 7.43. The molecule has 0 aliphatic heterocycles. The van der Waals surface area contributed by atoms with E-state index in [1.807, 2.05) is 13.1 Å². The van der Waals surface area contributed by atoms with Crippen LogP contribution in [0.25, 0.3) is 6.08 Å². The Balaban J connectivity index is 2.07. The molecule has 0 heterocycles. The van der Waals surface area contributed by atoms with Gasteiger partial charge < -0.3 is 10.6 Å². The molecule has 0 atom stereocenters. The monoisotopic (exact) mass is 204 g/mol. The van der Waals surface area contributed by atoms with Crippen molar-refractivity contribution in [1.29, 1.82) is 0 Å². The van der Waals surface area contributed by atoms with E-state index >= 15 is 0 Å². The second-order valence-electron chi connectivity index (χ2n) is 3.47. The highest BCUT2D eigenvalue weighted by Gasteiger charge is 1.84.